The Bertz CT molecular complexity index is 417. The minimum absolute atomic E-state index is 0.0300. The van der Waals surface area contributed by atoms with E-state index >= 15 is 0 Å². The molecule has 2 atom stereocenters. The van der Waals surface area contributed by atoms with Crippen LogP contribution in [0.15, 0.2) is 0 Å². The van der Waals surface area contributed by atoms with Gasteiger partial charge in [-0.2, -0.15) is 0 Å². The highest BCUT2D eigenvalue weighted by Crippen LogP contribution is 2.20. The number of rotatable bonds is 3. The molecule has 0 aromatic carbocycles. The third kappa shape index (κ3) is 4.39. The third-order valence-electron chi connectivity index (χ3n) is 3.06. The Hall–Kier alpha value is -1.28. The van der Waals surface area contributed by atoms with Crippen LogP contribution in [0.5, 0.6) is 0 Å². The van der Waals surface area contributed by atoms with Gasteiger partial charge in [-0.3, -0.25) is 4.79 Å². The summed E-state index contributed by atoms with van der Waals surface area (Å²) in [5, 5.41) is 0. The number of hydrogen-bond donors (Lipinski definition) is 0. The predicted molar refractivity (Wildman–Crippen MR) is 77.1 cm³/mol. The van der Waals surface area contributed by atoms with Crippen LogP contribution in [0.3, 0.4) is 0 Å². The molecule has 5 heteroatoms. The molecule has 4 nitrogen and oxygen atoms in total. The maximum Gasteiger partial charge on any atom is 0.416 e. The van der Waals surface area contributed by atoms with Crippen molar-refractivity contribution in [1.29, 1.82) is 0 Å². The molecule has 2 amide bonds. The van der Waals surface area contributed by atoms with Crippen molar-refractivity contribution in [2.24, 2.45) is 11.8 Å². The number of carbonyl (C=O) groups is 2. The fourth-order valence-electron chi connectivity index (χ4n) is 1.97. The topological polar surface area (TPSA) is 46.6 Å². The van der Waals surface area contributed by atoms with E-state index in [0.29, 0.717) is 19.6 Å². The smallest absolute Gasteiger partial charge is 0.416 e. The highest BCUT2D eigenvalue weighted by Gasteiger charge is 2.34. The van der Waals surface area contributed by atoms with Gasteiger partial charge in [0.15, 0.2) is 0 Å². The predicted octanol–water partition coefficient (Wildman–Crippen LogP) is 2.51. The van der Waals surface area contributed by atoms with Crippen LogP contribution in [0.25, 0.3) is 0 Å². The van der Waals surface area contributed by atoms with Gasteiger partial charge in [-0.15, -0.1) is 11.5 Å². The lowest BCUT2D eigenvalue weighted by Gasteiger charge is -2.21. The zero-order valence-electron chi connectivity index (χ0n) is 12.4. The minimum Gasteiger partial charge on any atom is -0.447 e. The number of hydrogen-bond acceptors (Lipinski definition) is 3. The average molecular weight is 281 g/mol. The van der Waals surface area contributed by atoms with E-state index in [1.165, 1.54) is 4.90 Å². The van der Waals surface area contributed by atoms with E-state index in [-0.39, 0.29) is 17.7 Å². The molecule has 1 aliphatic heterocycles. The molecule has 0 N–H and O–H groups in total. The SMILES string of the molecule is CC[C@H](C(=O)N1CCOC1=O)[C@H](C)C#C[Si](C)(C)C. The number of cyclic esters (lactones) is 1. The van der Waals surface area contributed by atoms with E-state index in [9.17, 15) is 9.59 Å². The maximum absolute atomic E-state index is 12.3. The van der Waals surface area contributed by atoms with Gasteiger partial charge in [0.05, 0.1) is 12.5 Å². The average Bonchev–Trinajstić information content (AvgIpc) is 2.72. The van der Waals surface area contributed by atoms with E-state index in [0.717, 1.165) is 0 Å². The van der Waals surface area contributed by atoms with Crippen molar-refractivity contribution in [3.8, 4) is 11.5 Å². The van der Waals surface area contributed by atoms with Gasteiger partial charge in [-0.1, -0.05) is 33.5 Å². The first-order chi connectivity index (χ1) is 8.76. The molecule has 1 saturated heterocycles. The molecular weight excluding hydrogens is 258 g/mol. The van der Waals surface area contributed by atoms with Crippen LogP contribution in [0.1, 0.15) is 20.3 Å². The molecule has 1 fully saturated rings. The Balaban J connectivity index is 2.78. The van der Waals surface area contributed by atoms with Crippen molar-refractivity contribution in [1.82, 2.24) is 4.90 Å². The zero-order valence-corrected chi connectivity index (χ0v) is 13.4. The fraction of sp³-hybridized carbons (Fsp3) is 0.714. The van der Waals surface area contributed by atoms with Gasteiger partial charge in [-0.05, 0) is 6.42 Å². The zero-order chi connectivity index (χ0) is 14.6. The maximum atomic E-state index is 12.3. The van der Waals surface area contributed by atoms with Crippen LogP contribution >= 0.6 is 0 Å². The summed E-state index contributed by atoms with van der Waals surface area (Å²) >= 11 is 0. The van der Waals surface area contributed by atoms with Gasteiger partial charge in [-0.25, -0.2) is 9.69 Å². The van der Waals surface area contributed by atoms with Crippen molar-refractivity contribution >= 4 is 20.1 Å². The van der Waals surface area contributed by atoms with Crippen LogP contribution in [0.4, 0.5) is 4.79 Å². The van der Waals surface area contributed by atoms with E-state index < -0.39 is 14.2 Å². The van der Waals surface area contributed by atoms with E-state index in [4.69, 9.17) is 4.74 Å². The molecule has 106 valence electrons. The van der Waals surface area contributed by atoms with Crippen LogP contribution in [-0.2, 0) is 9.53 Å². The molecule has 0 spiro atoms. The Labute approximate surface area is 116 Å². The lowest BCUT2D eigenvalue weighted by atomic mass is 9.91. The number of carbonyl (C=O) groups excluding carboxylic acids is 2. The molecule has 0 aromatic rings. The van der Waals surface area contributed by atoms with E-state index in [2.05, 4.69) is 31.1 Å². The Morgan fingerprint density at radius 1 is 1.47 bits per heavy atom. The van der Waals surface area contributed by atoms with Crippen LogP contribution in [-0.4, -0.2) is 38.1 Å². The third-order valence-corrected chi connectivity index (χ3v) is 3.96. The summed E-state index contributed by atoms with van der Waals surface area (Å²) in [4.78, 5) is 25.0. The summed E-state index contributed by atoms with van der Waals surface area (Å²) in [6.45, 7) is 11.1. The second-order valence-corrected chi connectivity index (χ2v) is 10.7. The van der Waals surface area contributed by atoms with Gasteiger partial charge < -0.3 is 4.74 Å². The summed E-state index contributed by atoms with van der Waals surface area (Å²) in [6, 6.07) is 0. The number of nitrogens with zero attached hydrogens (tertiary/aromatic N) is 1. The van der Waals surface area contributed by atoms with Gasteiger partial charge in [0.1, 0.15) is 14.7 Å². The summed E-state index contributed by atoms with van der Waals surface area (Å²) in [6.07, 6.45) is 0.165. The molecule has 1 aliphatic rings. The first-order valence-electron chi connectivity index (χ1n) is 6.77. The Morgan fingerprint density at radius 3 is 2.53 bits per heavy atom. The van der Waals surface area contributed by atoms with Crippen molar-refractivity contribution in [3.05, 3.63) is 0 Å². The second kappa shape index (κ2) is 6.24. The standard InChI is InChI=1S/C14H23NO3Si/c1-6-12(11(2)7-10-19(3,4)5)13(16)15-8-9-18-14(15)17/h11-12H,6,8-9H2,1-5H3/t11-,12+/m1/s1. The molecule has 0 aliphatic carbocycles. The number of ether oxygens (including phenoxy) is 1. The molecule has 0 radical (unpaired) electrons. The molecule has 0 aromatic heterocycles. The fourth-order valence-corrected chi connectivity index (χ4v) is 2.63. The van der Waals surface area contributed by atoms with Crippen molar-refractivity contribution < 1.29 is 14.3 Å². The van der Waals surface area contributed by atoms with Crippen molar-refractivity contribution in [3.63, 3.8) is 0 Å². The first-order valence-corrected chi connectivity index (χ1v) is 10.3. The van der Waals surface area contributed by atoms with Crippen LogP contribution in [0.2, 0.25) is 19.6 Å². The molecule has 0 bridgehead atoms. The van der Waals surface area contributed by atoms with Crippen molar-refractivity contribution in [2.75, 3.05) is 13.2 Å². The number of imide groups is 1. The van der Waals surface area contributed by atoms with Crippen molar-refractivity contribution in [2.45, 2.75) is 39.9 Å². The molecule has 1 heterocycles. The monoisotopic (exact) mass is 281 g/mol. The first kappa shape index (κ1) is 15.8. The molecular formula is C14H23NO3Si. The van der Waals surface area contributed by atoms with Gasteiger partial charge in [0.2, 0.25) is 5.91 Å². The summed E-state index contributed by atoms with van der Waals surface area (Å²) in [7, 11) is -1.44. The quantitative estimate of drug-likeness (QED) is 0.590. The highest BCUT2D eigenvalue weighted by atomic mass is 28.3. The Morgan fingerprint density at radius 2 is 2.11 bits per heavy atom. The summed E-state index contributed by atoms with van der Waals surface area (Å²) < 4.78 is 4.81. The highest BCUT2D eigenvalue weighted by molar-refractivity contribution is 6.83. The van der Waals surface area contributed by atoms with Gasteiger partial charge >= 0.3 is 6.09 Å². The number of amides is 2. The minimum atomic E-state index is -1.44. The summed E-state index contributed by atoms with van der Waals surface area (Å²) in [5.41, 5.74) is 3.30. The van der Waals surface area contributed by atoms with Crippen LogP contribution in [0, 0.1) is 23.3 Å². The molecule has 1 rings (SSSR count). The molecule has 0 unspecified atom stereocenters. The van der Waals surface area contributed by atoms with Crippen LogP contribution < -0.4 is 0 Å². The lowest BCUT2D eigenvalue weighted by molar-refractivity contribution is -0.133. The van der Waals surface area contributed by atoms with E-state index in [1.807, 2.05) is 13.8 Å². The second-order valence-electron chi connectivity index (χ2n) is 5.93. The largest absolute Gasteiger partial charge is 0.447 e. The molecule has 19 heavy (non-hydrogen) atoms. The molecule has 0 saturated carbocycles. The summed E-state index contributed by atoms with van der Waals surface area (Å²) in [5.74, 6) is 2.80. The van der Waals surface area contributed by atoms with E-state index in [1.54, 1.807) is 0 Å². The van der Waals surface area contributed by atoms with Gasteiger partial charge in [0.25, 0.3) is 0 Å². The Kier molecular flexibility index (Phi) is 5.18. The lowest BCUT2D eigenvalue weighted by Crippen LogP contribution is -2.38. The van der Waals surface area contributed by atoms with Gasteiger partial charge in [0, 0.05) is 5.92 Å². The normalized spacial score (nSPS) is 18.4.